The number of amides is 1. The van der Waals surface area contributed by atoms with Crippen molar-refractivity contribution < 1.29 is 18.3 Å². The Bertz CT molecular complexity index is 1430. The number of carbonyl (C=O) groups is 1. The summed E-state index contributed by atoms with van der Waals surface area (Å²) in [6.07, 6.45) is 2.63. The van der Waals surface area contributed by atoms with E-state index in [0.29, 0.717) is 41.3 Å². The van der Waals surface area contributed by atoms with Crippen molar-refractivity contribution in [2.24, 2.45) is 7.05 Å². The minimum atomic E-state index is -1.14. The summed E-state index contributed by atoms with van der Waals surface area (Å²) in [4.78, 5) is 21.7. The number of hydrogen-bond donors (Lipinski definition) is 2. The largest absolute Gasteiger partial charge is 0.378 e. The lowest BCUT2D eigenvalue weighted by molar-refractivity contribution is 0.0284. The molecule has 0 aliphatic carbocycles. The molecular formula is C25H23ClF2N6O2. The molecule has 0 spiro atoms. The molecule has 36 heavy (non-hydrogen) atoms. The number of fused-ring (bicyclic) bond motifs is 1. The van der Waals surface area contributed by atoms with Gasteiger partial charge in [0, 0.05) is 48.5 Å². The number of nitrogens with zero attached hydrogens (tertiary/aromatic N) is 4. The highest BCUT2D eigenvalue weighted by Crippen LogP contribution is 2.27. The second-order valence-corrected chi connectivity index (χ2v) is 8.96. The smallest absolute Gasteiger partial charge is 0.251 e. The summed E-state index contributed by atoms with van der Waals surface area (Å²) in [6.45, 7) is 0.700. The Balaban J connectivity index is 1.31. The van der Waals surface area contributed by atoms with E-state index in [0.717, 1.165) is 10.9 Å². The van der Waals surface area contributed by atoms with E-state index in [2.05, 4.69) is 25.7 Å². The van der Waals surface area contributed by atoms with Crippen molar-refractivity contribution in [1.82, 2.24) is 25.1 Å². The van der Waals surface area contributed by atoms with Crippen LogP contribution in [-0.2, 0) is 18.3 Å². The van der Waals surface area contributed by atoms with Gasteiger partial charge in [-0.3, -0.25) is 9.48 Å². The zero-order valence-corrected chi connectivity index (χ0v) is 20.1. The molecule has 0 saturated carbocycles. The summed E-state index contributed by atoms with van der Waals surface area (Å²) in [5.41, 5.74) is 2.96. The van der Waals surface area contributed by atoms with E-state index in [-0.39, 0.29) is 24.1 Å². The summed E-state index contributed by atoms with van der Waals surface area (Å²) in [6, 6.07) is 9.20. The zero-order valence-electron chi connectivity index (χ0n) is 19.3. The number of hydrogen-bond acceptors (Lipinski definition) is 6. The maximum Gasteiger partial charge on any atom is 0.251 e. The minimum absolute atomic E-state index is 0.0338. The van der Waals surface area contributed by atoms with Crippen LogP contribution in [0.4, 0.5) is 14.7 Å². The highest BCUT2D eigenvalue weighted by atomic mass is 35.5. The number of rotatable bonds is 6. The molecule has 2 N–H and O–H groups in total. The van der Waals surface area contributed by atoms with E-state index >= 15 is 0 Å². The highest BCUT2D eigenvalue weighted by molar-refractivity contribution is 6.30. The molecule has 2 atom stereocenters. The van der Waals surface area contributed by atoms with Crippen molar-refractivity contribution in [3.63, 3.8) is 0 Å². The second-order valence-electron chi connectivity index (χ2n) is 8.55. The first-order chi connectivity index (χ1) is 17.4. The van der Waals surface area contributed by atoms with Gasteiger partial charge in [0.25, 0.3) is 5.91 Å². The number of ether oxygens (including phenoxy) is 1. The van der Waals surface area contributed by atoms with E-state index in [9.17, 15) is 13.6 Å². The zero-order chi connectivity index (χ0) is 25.2. The standard InChI is InChI=1S/C25H23ClF2N6O2/c1-34-23(14-4-5-18(26)19(27)8-14)17(12-31-34)11-29-24(35)15-2-3-16-10-30-25(33-22(16)9-15)32-21-6-7-36-13-20(21)28/h2-5,8-10,12,20-21H,6-7,11,13H2,1H3,(H,29,35)(H,30,32,33)/t20-,21+/m1/s1. The first-order valence-corrected chi connectivity index (χ1v) is 11.8. The van der Waals surface area contributed by atoms with E-state index in [4.69, 9.17) is 16.3 Å². The summed E-state index contributed by atoms with van der Waals surface area (Å²) >= 11 is 5.81. The number of nitrogens with one attached hydrogen (secondary N) is 2. The third kappa shape index (κ3) is 5.00. The predicted octanol–water partition coefficient (Wildman–Crippen LogP) is 4.29. The predicted molar refractivity (Wildman–Crippen MR) is 132 cm³/mol. The first-order valence-electron chi connectivity index (χ1n) is 11.4. The summed E-state index contributed by atoms with van der Waals surface area (Å²) in [5, 5.41) is 10.9. The van der Waals surface area contributed by atoms with Gasteiger partial charge in [0.05, 0.1) is 35.1 Å². The number of carbonyl (C=O) groups excluding carboxylic acids is 1. The van der Waals surface area contributed by atoms with Gasteiger partial charge in [-0.15, -0.1) is 0 Å². The Labute approximate surface area is 210 Å². The maximum atomic E-state index is 14.1. The topological polar surface area (TPSA) is 94.0 Å². The molecule has 1 amide bonds. The van der Waals surface area contributed by atoms with Crippen molar-refractivity contribution in [3.05, 3.63) is 70.8 Å². The summed E-state index contributed by atoms with van der Waals surface area (Å²) < 4.78 is 34.8. The fraction of sp³-hybridized carbons (Fsp3) is 0.280. The fourth-order valence-electron chi connectivity index (χ4n) is 4.17. The molecule has 2 aromatic heterocycles. The second kappa shape index (κ2) is 10.2. The van der Waals surface area contributed by atoms with E-state index in [1.54, 1.807) is 48.4 Å². The molecule has 0 unspecified atom stereocenters. The van der Waals surface area contributed by atoms with Crippen LogP contribution in [0.2, 0.25) is 5.02 Å². The number of benzene rings is 2. The quantitative estimate of drug-likeness (QED) is 0.400. The van der Waals surface area contributed by atoms with Crippen LogP contribution >= 0.6 is 11.6 Å². The van der Waals surface area contributed by atoms with Gasteiger partial charge in [0.2, 0.25) is 5.95 Å². The fourth-order valence-corrected chi connectivity index (χ4v) is 4.29. The molecule has 4 aromatic rings. The van der Waals surface area contributed by atoms with Crippen LogP contribution in [-0.4, -0.2) is 51.1 Å². The van der Waals surface area contributed by atoms with Crippen LogP contribution in [0, 0.1) is 5.82 Å². The number of aryl methyl sites for hydroxylation is 1. The van der Waals surface area contributed by atoms with E-state index in [1.807, 2.05) is 0 Å². The first kappa shape index (κ1) is 24.1. The van der Waals surface area contributed by atoms with Gasteiger partial charge >= 0.3 is 0 Å². The van der Waals surface area contributed by atoms with Crippen molar-refractivity contribution in [2.45, 2.75) is 25.2 Å². The average molecular weight is 513 g/mol. The number of halogens is 3. The van der Waals surface area contributed by atoms with E-state index in [1.165, 1.54) is 12.1 Å². The van der Waals surface area contributed by atoms with Gasteiger partial charge < -0.3 is 15.4 Å². The Kier molecular flexibility index (Phi) is 6.80. The number of alkyl halides is 1. The molecular weight excluding hydrogens is 490 g/mol. The minimum Gasteiger partial charge on any atom is -0.378 e. The maximum absolute atomic E-state index is 14.1. The van der Waals surface area contributed by atoms with Crippen LogP contribution < -0.4 is 10.6 Å². The molecule has 186 valence electrons. The molecule has 0 bridgehead atoms. The van der Waals surface area contributed by atoms with E-state index < -0.39 is 18.0 Å². The van der Waals surface area contributed by atoms with Crippen molar-refractivity contribution in [1.29, 1.82) is 0 Å². The summed E-state index contributed by atoms with van der Waals surface area (Å²) in [5.74, 6) is -0.545. The van der Waals surface area contributed by atoms with Crippen molar-refractivity contribution in [3.8, 4) is 11.3 Å². The third-order valence-electron chi connectivity index (χ3n) is 6.09. The van der Waals surface area contributed by atoms with Gasteiger partial charge in [0.15, 0.2) is 0 Å². The molecule has 1 saturated heterocycles. The summed E-state index contributed by atoms with van der Waals surface area (Å²) in [7, 11) is 1.74. The molecule has 3 heterocycles. The molecule has 11 heteroatoms. The normalized spacial score (nSPS) is 17.8. The Morgan fingerprint density at radius 2 is 2.11 bits per heavy atom. The van der Waals surface area contributed by atoms with Gasteiger partial charge in [-0.25, -0.2) is 18.7 Å². The van der Waals surface area contributed by atoms with Gasteiger partial charge in [-0.05, 0) is 30.7 Å². The molecule has 8 nitrogen and oxygen atoms in total. The van der Waals surface area contributed by atoms with Crippen LogP contribution in [0.15, 0.2) is 48.8 Å². The average Bonchev–Trinajstić information content (AvgIpc) is 3.25. The highest BCUT2D eigenvalue weighted by Gasteiger charge is 2.26. The van der Waals surface area contributed by atoms with Gasteiger partial charge in [-0.1, -0.05) is 23.7 Å². The molecule has 1 aliphatic rings. The van der Waals surface area contributed by atoms with Crippen LogP contribution in [0.3, 0.4) is 0 Å². The molecule has 1 aliphatic heterocycles. The lowest BCUT2D eigenvalue weighted by Crippen LogP contribution is -2.39. The van der Waals surface area contributed by atoms with Gasteiger partial charge in [-0.2, -0.15) is 5.10 Å². The Morgan fingerprint density at radius 3 is 2.92 bits per heavy atom. The van der Waals surface area contributed by atoms with Gasteiger partial charge in [0.1, 0.15) is 12.0 Å². The molecule has 0 radical (unpaired) electrons. The number of aromatic nitrogens is 4. The molecule has 5 rings (SSSR count). The van der Waals surface area contributed by atoms with Crippen molar-refractivity contribution in [2.75, 3.05) is 18.5 Å². The molecule has 2 aromatic carbocycles. The third-order valence-corrected chi connectivity index (χ3v) is 6.40. The SMILES string of the molecule is Cn1ncc(CNC(=O)c2ccc3cnc(N[C@H]4CCOC[C@H]4F)nc3c2)c1-c1ccc(Cl)c(F)c1. The van der Waals surface area contributed by atoms with Crippen molar-refractivity contribution >= 4 is 34.4 Å². The molecule has 1 fully saturated rings. The Morgan fingerprint density at radius 1 is 1.25 bits per heavy atom. The van der Waals surface area contributed by atoms with Crippen LogP contribution in [0.25, 0.3) is 22.2 Å². The Hall–Kier alpha value is -3.63. The van der Waals surface area contributed by atoms with Crippen LogP contribution in [0.5, 0.6) is 0 Å². The number of anilines is 1. The van der Waals surface area contributed by atoms with Crippen LogP contribution in [0.1, 0.15) is 22.3 Å². The monoisotopic (exact) mass is 512 g/mol. The lowest BCUT2D eigenvalue weighted by Gasteiger charge is -2.26. The lowest BCUT2D eigenvalue weighted by atomic mass is 10.1.